The molecule has 0 bridgehead atoms. The van der Waals surface area contributed by atoms with Crippen LogP contribution in [0, 0.1) is 5.41 Å². The Kier molecular flexibility index (Phi) is 3.16. The van der Waals surface area contributed by atoms with Crippen LogP contribution in [0.5, 0.6) is 0 Å². The molecule has 0 fully saturated rings. The first-order valence-corrected chi connectivity index (χ1v) is 5.99. The van der Waals surface area contributed by atoms with Gasteiger partial charge in [0.05, 0.1) is 12.7 Å². The van der Waals surface area contributed by atoms with Crippen LogP contribution in [-0.4, -0.2) is 13.1 Å². The van der Waals surface area contributed by atoms with E-state index in [-0.39, 0.29) is 11.4 Å². The summed E-state index contributed by atoms with van der Waals surface area (Å²) in [5.41, 5.74) is 1.27. The lowest BCUT2D eigenvalue weighted by molar-refractivity contribution is -0.141. The van der Waals surface area contributed by atoms with Gasteiger partial charge in [0.25, 0.3) is 0 Å². The van der Waals surface area contributed by atoms with Crippen molar-refractivity contribution in [3.8, 4) is 0 Å². The summed E-state index contributed by atoms with van der Waals surface area (Å²) in [6.45, 7) is 5.95. The van der Waals surface area contributed by atoms with Crippen LogP contribution in [0.2, 0.25) is 0 Å². The highest BCUT2D eigenvalue weighted by molar-refractivity contribution is 5.93. The van der Waals surface area contributed by atoms with Crippen molar-refractivity contribution in [2.45, 2.75) is 26.9 Å². The normalized spacial score (nSPS) is 20.0. The topological polar surface area (TPSA) is 35.5 Å². The predicted molar refractivity (Wildman–Crippen MR) is 68.8 cm³/mol. The Morgan fingerprint density at radius 1 is 1.17 bits per heavy atom. The summed E-state index contributed by atoms with van der Waals surface area (Å²) in [5, 5.41) is 0. The number of methoxy groups -OCH3 is 1. The second-order valence-electron chi connectivity index (χ2n) is 5.39. The summed E-state index contributed by atoms with van der Waals surface area (Å²) in [7, 11) is 1.58. The zero-order chi connectivity index (χ0) is 13.3. The van der Waals surface area contributed by atoms with Crippen molar-refractivity contribution in [2.24, 2.45) is 5.41 Å². The second-order valence-corrected chi connectivity index (χ2v) is 5.39. The van der Waals surface area contributed by atoms with E-state index in [1.807, 2.05) is 51.1 Å². The van der Waals surface area contributed by atoms with Crippen LogP contribution >= 0.6 is 0 Å². The average molecular weight is 246 g/mol. The van der Waals surface area contributed by atoms with Gasteiger partial charge in [-0.1, -0.05) is 51.1 Å². The summed E-state index contributed by atoms with van der Waals surface area (Å²) in [6.07, 6.45) is -0.419. The number of cyclic esters (lactones) is 1. The number of hydrogen-bond donors (Lipinski definition) is 0. The van der Waals surface area contributed by atoms with E-state index in [2.05, 4.69) is 0 Å². The van der Waals surface area contributed by atoms with Gasteiger partial charge in [-0.2, -0.15) is 0 Å². The summed E-state index contributed by atoms with van der Waals surface area (Å²) in [4.78, 5) is 12.0. The second kappa shape index (κ2) is 4.48. The van der Waals surface area contributed by atoms with E-state index >= 15 is 0 Å². The molecule has 0 saturated heterocycles. The zero-order valence-corrected chi connectivity index (χ0v) is 11.2. The van der Waals surface area contributed by atoms with E-state index in [0.29, 0.717) is 11.3 Å². The van der Waals surface area contributed by atoms with Crippen molar-refractivity contribution in [3.63, 3.8) is 0 Å². The van der Waals surface area contributed by atoms with Crippen LogP contribution < -0.4 is 0 Å². The monoisotopic (exact) mass is 246 g/mol. The van der Waals surface area contributed by atoms with Crippen LogP contribution in [-0.2, 0) is 14.3 Å². The summed E-state index contributed by atoms with van der Waals surface area (Å²) >= 11 is 0. The summed E-state index contributed by atoms with van der Waals surface area (Å²) < 4.78 is 10.9. The molecule has 0 radical (unpaired) electrons. The van der Waals surface area contributed by atoms with E-state index in [1.54, 1.807) is 7.11 Å². The average Bonchev–Trinajstić information content (AvgIpc) is 2.67. The Hall–Kier alpha value is -1.77. The quantitative estimate of drug-likeness (QED) is 0.751. The molecular weight excluding hydrogens is 228 g/mol. The molecule has 0 aliphatic carbocycles. The lowest BCUT2D eigenvalue weighted by Crippen LogP contribution is -2.16. The number of carbonyl (C=O) groups is 1. The number of benzene rings is 1. The molecule has 1 heterocycles. The maximum Gasteiger partial charge on any atom is 0.339 e. The number of esters is 1. The van der Waals surface area contributed by atoms with E-state index in [9.17, 15) is 4.79 Å². The maximum atomic E-state index is 12.0. The van der Waals surface area contributed by atoms with Crippen molar-refractivity contribution in [2.75, 3.05) is 7.11 Å². The first-order valence-electron chi connectivity index (χ1n) is 5.99. The molecule has 2 rings (SSSR count). The van der Waals surface area contributed by atoms with E-state index < -0.39 is 6.10 Å². The Morgan fingerprint density at radius 2 is 1.78 bits per heavy atom. The lowest BCUT2D eigenvalue weighted by atomic mass is 9.85. The molecule has 1 aliphatic heterocycles. The van der Waals surface area contributed by atoms with Gasteiger partial charge in [-0.3, -0.25) is 0 Å². The van der Waals surface area contributed by atoms with Gasteiger partial charge in [0.15, 0.2) is 11.9 Å². The third kappa shape index (κ3) is 2.13. The fourth-order valence-electron chi connectivity index (χ4n) is 2.18. The minimum Gasteiger partial charge on any atom is -0.496 e. The molecule has 96 valence electrons. The zero-order valence-electron chi connectivity index (χ0n) is 11.2. The van der Waals surface area contributed by atoms with E-state index in [4.69, 9.17) is 9.47 Å². The third-order valence-corrected chi connectivity index (χ3v) is 2.99. The summed E-state index contributed by atoms with van der Waals surface area (Å²) in [5.74, 6) is 0.340. The first kappa shape index (κ1) is 12.7. The molecule has 0 N–H and O–H groups in total. The molecule has 18 heavy (non-hydrogen) atoms. The minimum absolute atomic E-state index is 0.284. The fourth-order valence-corrected chi connectivity index (χ4v) is 2.18. The number of rotatable bonds is 2. The van der Waals surface area contributed by atoms with Gasteiger partial charge in [-0.15, -0.1) is 0 Å². The van der Waals surface area contributed by atoms with Gasteiger partial charge in [-0.05, 0) is 5.41 Å². The number of ether oxygens (including phenoxy) is 2. The highest BCUT2D eigenvalue weighted by atomic mass is 16.6. The molecule has 1 aromatic carbocycles. The van der Waals surface area contributed by atoms with Crippen LogP contribution in [0.25, 0.3) is 0 Å². The van der Waals surface area contributed by atoms with Gasteiger partial charge < -0.3 is 9.47 Å². The van der Waals surface area contributed by atoms with Crippen molar-refractivity contribution in [1.29, 1.82) is 0 Å². The minimum atomic E-state index is -0.419. The molecule has 3 nitrogen and oxygen atoms in total. The number of carbonyl (C=O) groups excluding carboxylic acids is 1. The Bertz CT molecular complexity index is 480. The van der Waals surface area contributed by atoms with Crippen LogP contribution in [0.1, 0.15) is 32.4 Å². The molecule has 0 saturated carbocycles. The van der Waals surface area contributed by atoms with Crippen molar-refractivity contribution >= 4 is 5.97 Å². The van der Waals surface area contributed by atoms with Crippen molar-refractivity contribution < 1.29 is 14.3 Å². The maximum absolute atomic E-state index is 12.0. The third-order valence-electron chi connectivity index (χ3n) is 2.99. The van der Waals surface area contributed by atoms with Gasteiger partial charge in [-0.25, -0.2) is 4.79 Å². The molecular formula is C15H18O3. The Morgan fingerprint density at radius 3 is 2.28 bits per heavy atom. The van der Waals surface area contributed by atoms with Crippen molar-refractivity contribution in [3.05, 3.63) is 47.2 Å². The molecule has 1 atom stereocenters. The highest BCUT2D eigenvalue weighted by Gasteiger charge is 2.41. The van der Waals surface area contributed by atoms with Gasteiger partial charge in [0, 0.05) is 5.56 Å². The summed E-state index contributed by atoms with van der Waals surface area (Å²) in [6, 6.07) is 9.64. The van der Waals surface area contributed by atoms with Gasteiger partial charge >= 0.3 is 5.97 Å². The molecule has 1 aromatic rings. The standard InChI is InChI=1S/C15H18O3/c1-15(2,3)11-13(17-4)12(18-14(11)16)10-8-6-5-7-9-10/h5-9,12H,1-4H3. The lowest BCUT2D eigenvalue weighted by Gasteiger charge is -2.18. The molecule has 0 spiro atoms. The molecule has 0 amide bonds. The predicted octanol–water partition coefficient (Wildman–Crippen LogP) is 3.23. The van der Waals surface area contributed by atoms with Gasteiger partial charge in [0.1, 0.15) is 0 Å². The molecule has 1 aliphatic rings. The van der Waals surface area contributed by atoms with Crippen molar-refractivity contribution in [1.82, 2.24) is 0 Å². The van der Waals surface area contributed by atoms with Crippen LogP contribution in [0.3, 0.4) is 0 Å². The smallest absolute Gasteiger partial charge is 0.339 e. The fraction of sp³-hybridized carbons (Fsp3) is 0.400. The highest BCUT2D eigenvalue weighted by Crippen LogP contribution is 2.42. The van der Waals surface area contributed by atoms with Crippen LogP contribution in [0.4, 0.5) is 0 Å². The first-order chi connectivity index (χ1) is 8.45. The molecule has 0 aromatic heterocycles. The Labute approximate surface area is 107 Å². The van der Waals surface area contributed by atoms with Gasteiger partial charge in [0.2, 0.25) is 0 Å². The van der Waals surface area contributed by atoms with E-state index in [0.717, 1.165) is 5.56 Å². The molecule has 3 heteroatoms. The SMILES string of the molecule is COC1=C(C(C)(C)C)C(=O)OC1c1ccccc1. The van der Waals surface area contributed by atoms with Crippen LogP contribution in [0.15, 0.2) is 41.7 Å². The number of hydrogen-bond acceptors (Lipinski definition) is 3. The molecule has 1 unspecified atom stereocenters. The largest absolute Gasteiger partial charge is 0.496 e. The Balaban J connectivity index is 2.48. The van der Waals surface area contributed by atoms with E-state index in [1.165, 1.54) is 0 Å².